The number of hydrogen-bond donors (Lipinski definition) is 1. The molecule has 0 saturated heterocycles. The van der Waals surface area contributed by atoms with Crippen molar-refractivity contribution in [1.29, 1.82) is 5.26 Å². The summed E-state index contributed by atoms with van der Waals surface area (Å²) in [4.78, 5) is 11.5. The minimum atomic E-state index is -3.49. The van der Waals surface area contributed by atoms with Crippen molar-refractivity contribution in [3.63, 3.8) is 0 Å². The molecular formula is C12H20N2O4S. The van der Waals surface area contributed by atoms with Crippen LogP contribution >= 0.6 is 0 Å². The van der Waals surface area contributed by atoms with Gasteiger partial charge >= 0.3 is 5.97 Å². The zero-order valence-electron chi connectivity index (χ0n) is 11.1. The van der Waals surface area contributed by atoms with E-state index < -0.39 is 27.2 Å². The Hall–Kier alpha value is -1.13. The maximum atomic E-state index is 12.1. The van der Waals surface area contributed by atoms with Gasteiger partial charge in [-0.25, -0.2) is 13.1 Å². The standard InChI is InChI=1S/C12H20N2O4S/c1-18-12(15)10-6-5-7-11(10)19(16,17)14-9-4-2-3-8-13/h10-11,14H,2-7,9H2,1H3. The Bertz CT molecular complexity index is 441. The fourth-order valence-electron chi connectivity index (χ4n) is 2.37. The maximum Gasteiger partial charge on any atom is 0.310 e. The molecule has 0 heterocycles. The Balaban J connectivity index is 2.52. The molecule has 1 N–H and O–H groups in total. The van der Waals surface area contributed by atoms with Gasteiger partial charge in [0.1, 0.15) is 0 Å². The summed E-state index contributed by atoms with van der Waals surface area (Å²) in [7, 11) is -2.21. The highest BCUT2D eigenvalue weighted by Crippen LogP contribution is 2.31. The van der Waals surface area contributed by atoms with E-state index in [9.17, 15) is 13.2 Å². The highest BCUT2D eigenvalue weighted by molar-refractivity contribution is 7.90. The van der Waals surface area contributed by atoms with Gasteiger partial charge in [0.25, 0.3) is 0 Å². The van der Waals surface area contributed by atoms with Crippen LogP contribution < -0.4 is 4.72 Å². The predicted octanol–water partition coefficient (Wildman–Crippen LogP) is 0.941. The summed E-state index contributed by atoms with van der Waals surface area (Å²) in [6, 6.07) is 2.01. The molecule has 19 heavy (non-hydrogen) atoms. The third-order valence-corrected chi connectivity index (χ3v) is 5.34. The first-order chi connectivity index (χ1) is 9.03. The number of nitrogens with one attached hydrogen (secondary N) is 1. The summed E-state index contributed by atoms with van der Waals surface area (Å²) in [6.45, 7) is 0.314. The van der Waals surface area contributed by atoms with Crippen molar-refractivity contribution in [2.75, 3.05) is 13.7 Å². The van der Waals surface area contributed by atoms with Gasteiger partial charge in [0.2, 0.25) is 10.0 Å². The molecule has 6 nitrogen and oxygen atoms in total. The molecule has 0 aromatic heterocycles. The van der Waals surface area contributed by atoms with Crippen LogP contribution in [0.1, 0.15) is 38.5 Å². The molecule has 0 amide bonds. The van der Waals surface area contributed by atoms with Crippen LogP contribution in [0.3, 0.4) is 0 Å². The second-order valence-corrected chi connectivity index (χ2v) is 6.64. The largest absolute Gasteiger partial charge is 0.469 e. The van der Waals surface area contributed by atoms with Crippen molar-refractivity contribution >= 4 is 16.0 Å². The Morgan fingerprint density at radius 3 is 2.79 bits per heavy atom. The smallest absolute Gasteiger partial charge is 0.310 e. The van der Waals surface area contributed by atoms with Crippen molar-refractivity contribution in [2.45, 2.75) is 43.8 Å². The van der Waals surface area contributed by atoms with Gasteiger partial charge in [0.05, 0.1) is 24.3 Å². The second kappa shape index (κ2) is 7.46. The molecule has 108 valence electrons. The quantitative estimate of drug-likeness (QED) is 0.555. The lowest BCUT2D eigenvalue weighted by molar-refractivity contribution is -0.145. The van der Waals surface area contributed by atoms with Crippen molar-refractivity contribution in [3.05, 3.63) is 0 Å². The number of rotatable bonds is 7. The number of carbonyl (C=O) groups excluding carboxylic acids is 1. The van der Waals surface area contributed by atoms with E-state index in [0.717, 1.165) is 6.42 Å². The Morgan fingerprint density at radius 2 is 2.16 bits per heavy atom. The average Bonchev–Trinajstić information content (AvgIpc) is 2.87. The average molecular weight is 288 g/mol. The zero-order chi connectivity index (χ0) is 14.3. The first-order valence-corrected chi connectivity index (χ1v) is 8.01. The number of nitriles is 1. The van der Waals surface area contributed by atoms with Gasteiger partial charge < -0.3 is 4.74 Å². The number of nitrogens with zero attached hydrogens (tertiary/aromatic N) is 1. The van der Waals surface area contributed by atoms with Crippen molar-refractivity contribution in [2.24, 2.45) is 5.92 Å². The molecule has 0 aromatic carbocycles. The zero-order valence-corrected chi connectivity index (χ0v) is 11.9. The molecule has 1 rings (SSSR count). The van der Waals surface area contributed by atoms with Crippen LogP contribution in [-0.4, -0.2) is 33.3 Å². The number of unbranched alkanes of at least 4 members (excludes halogenated alkanes) is 2. The summed E-state index contributed by atoms with van der Waals surface area (Å²) in [5.41, 5.74) is 0. The van der Waals surface area contributed by atoms with E-state index >= 15 is 0 Å². The molecule has 1 aliphatic carbocycles. The predicted molar refractivity (Wildman–Crippen MR) is 69.5 cm³/mol. The number of ether oxygens (including phenoxy) is 1. The third kappa shape index (κ3) is 4.48. The second-order valence-electron chi connectivity index (χ2n) is 4.65. The van der Waals surface area contributed by atoms with Crippen molar-refractivity contribution < 1.29 is 17.9 Å². The summed E-state index contributed by atoms with van der Waals surface area (Å²) >= 11 is 0. The fourth-order valence-corrected chi connectivity index (χ4v) is 4.17. The molecule has 1 saturated carbocycles. The van der Waals surface area contributed by atoms with Gasteiger partial charge in [-0.3, -0.25) is 4.79 Å². The number of esters is 1. The van der Waals surface area contributed by atoms with Gasteiger partial charge in [0.15, 0.2) is 0 Å². The molecular weight excluding hydrogens is 268 g/mol. The summed E-state index contributed by atoms with van der Waals surface area (Å²) in [5, 5.41) is 7.70. The van der Waals surface area contributed by atoms with Gasteiger partial charge in [-0.2, -0.15) is 5.26 Å². The molecule has 2 unspecified atom stereocenters. The number of carbonyl (C=O) groups is 1. The number of methoxy groups -OCH3 is 1. The molecule has 0 radical (unpaired) electrons. The fraction of sp³-hybridized carbons (Fsp3) is 0.833. The Morgan fingerprint density at radius 1 is 1.42 bits per heavy atom. The summed E-state index contributed by atoms with van der Waals surface area (Å²) < 4.78 is 31.4. The van der Waals surface area contributed by atoms with E-state index in [0.29, 0.717) is 38.6 Å². The lowest BCUT2D eigenvalue weighted by atomic mass is 10.1. The monoisotopic (exact) mass is 288 g/mol. The first-order valence-electron chi connectivity index (χ1n) is 6.46. The Labute approximate surface area is 114 Å². The maximum absolute atomic E-state index is 12.1. The van der Waals surface area contributed by atoms with Crippen LogP contribution in [0.5, 0.6) is 0 Å². The minimum absolute atomic E-state index is 0.314. The molecule has 1 fully saturated rings. The normalized spacial score (nSPS) is 22.9. The van der Waals surface area contributed by atoms with Gasteiger partial charge in [0, 0.05) is 13.0 Å². The van der Waals surface area contributed by atoms with E-state index in [1.807, 2.05) is 6.07 Å². The third-order valence-electron chi connectivity index (χ3n) is 3.37. The summed E-state index contributed by atoms with van der Waals surface area (Å²) in [5.74, 6) is -1.00. The minimum Gasteiger partial charge on any atom is -0.469 e. The van der Waals surface area contributed by atoms with E-state index in [4.69, 9.17) is 5.26 Å². The Kier molecular flexibility index (Phi) is 6.25. The molecule has 0 aliphatic heterocycles. The first kappa shape index (κ1) is 15.9. The lowest BCUT2D eigenvalue weighted by Crippen LogP contribution is -2.39. The van der Waals surface area contributed by atoms with E-state index in [2.05, 4.69) is 9.46 Å². The highest BCUT2D eigenvalue weighted by Gasteiger charge is 2.41. The number of sulfonamides is 1. The molecule has 7 heteroatoms. The van der Waals surface area contributed by atoms with Crippen LogP contribution in [0, 0.1) is 17.2 Å². The van der Waals surface area contributed by atoms with Crippen molar-refractivity contribution in [1.82, 2.24) is 4.72 Å². The topological polar surface area (TPSA) is 96.3 Å². The molecule has 0 spiro atoms. The molecule has 0 bridgehead atoms. The highest BCUT2D eigenvalue weighted by atomic mass is 32.2. The van der Waals surface area contributed by atoms with Crippen LogP contribution in [0.25, 0.3) is 0 Å². The van der Waals surface area contributed by atoms with Crippen LogP contribution in [0.4, 0.5) is 0 Å². The van der Waals surface area contributed by atoms with Gasteiger partial charge in [-0.05, 0) is 25.7 Å². The van der Waals surface area contributed by atoms with E-state index in [-0.39, 0.29) is 0 Å². The summed E-state index contributed by atoms with van der Waals surface area (Å²) in [6.07, 6.45) is 3.50. The van der Waals surface area contributed by atoms with Crippen LogP contribution in [0.2, 0.25) is 0 Å². The van der Waals surface area contributed by atoms with Crippen LogP contribution in [0.15, 0.2) is 0 Å². The number of hydrogen-bond acceptors (Lipinski definition) is 5. The van der Waals surface area contributed by atoms with Gasteiger partial charge in [-0.1, -0.05) is 6.42 Å². The van der Waals surface area contributed by atoms with Crippen LogP contribution in [-0.2, 0) is 19.6 Å². The molecule has 1 aliphatic rings. The molecule has 2 atom stereocenters. The van der Waals surface area contributed by atoms with E-state index in [1.54, 1.807) is 0 Å². The lowest BCUT2D eigenvalue weighted by Gasteiger charge is -2.18. The van der Waals surface area contributed by atoms with Gasteiger partial charge in [-0.15, -0.1) is 0 Å². The SMILES string of the molecule is COC(=O)C1CCCC1S(=O)(=O)NCCCCC#N. The molecule has 0 aromatic rings. The van der Waals surface area contributed by atoms with E-state index in [1.165, 1.54) is 7.11 Å². The van der Waals surface area contributed by atoms with Crippen molar-refractivity contribution in [3.8, 4) is 6.07 Å².